The second-order valence-electron chi connectivity index (χ2n) is 8.45. The van der Waals surface area contributed by atoms with Crippen molar-refractivity contribution in [3.63, 3.8) is 0 Å². The quantitative estimate of drug-likeness (QED) is 0.221. The molecular weight excluding hydrogens is 540 g/mol. The van der Waals surface area contributed by atoms with E-state index in [-0.39, 0.29) is 29.2 Å². The number of amides is 2. The zero-order chi connectivity index (χ0) is 27.2. The Morgan fingerprint density at radius 2 is 1.84 bits per heavy atom. The van der Waals surface area contributed by atoms with Crippen molar-refractivity contribution < 1.29 is 19.1 Å². The maximum atomic E-state index is 13.2. The topological polar surface area (TPSA) is 67.9 Å². The predicted octanol–water partition coefficient (Wildman–Crippen LogP) is 7.03. The number of carbonyl (C=O) groups is 2. The van der Waals surface area contributed by atoms with Crippen molar-refractivity contribution in [1.29, 1.82) is 0 Å². The lowest BCUT2D eigenvalue weighted by Crippen LogP contribution is -2.28. The highest BCUT2D eigenvalue weighted by Crippen LogP contribution is 2.40. The first-order valence-corrected chi connectivity index (χ1v) is 13.7. The number of ether oxygens (including phenoxy) is 2. The number of thioether (sulfide) groups is 1. The number of halogens is 1. The van der Waals surface area contributed by atoms with Crippen molar-refractivity contribution in [3.8, 4) is 11.5 Å². The number of benzene rings is 3. The zero-order valence-corrected chi connectivity index (χ0v) is 23.6. The third-order valence-electron chi connectivity index (χ3n) is 5.77. The van der Waals surface area contributed by atoms with Crippen LogP contribution in [0.1, 0.15) is 30.5 Å². The summed E-state index contributed by atoms with van der Waals surface area (Å²) in [7, 11) is 0. The molecule has 0 aromatic heterocycles. The molecule has 1 heterocycles. The smallest absolute Gasteiger partial charge is 0.270 e. The molecule has 196 valence electrons. The highest BCUT2D eigenvalue weighted by Gasteiger charge is 2.34. The van der Waals surface area contributed by atoms with Gasteiger partial charge in [-0.15, -0.1) is 0 Å². The van der Waals surface area contributed by atoms with Gasteiger partial charge in [0, 0.05) is 5.69 Å². The van der Waals surface area contributed by atoms with E-state index in [1.54, 1.807) is 18.2 Å². The summed E-state index contributed by atoms with van der Waals surface area (Å²) in [4.78, 5) is 27.7. The molecule has 0 unspecified atom stereocenters. The average molecular weight is 567 g/mol. The van der Waals surface area contributed by atoms with Gasteiger partial charge < -0.3 is 14.8 Å². The molecule has 1 saturated heterocycles. The number of rotatable bonds is 9. The van der Waals surface area contributed by atoms with E-state index in [2.05, 4.69) is 12.2 Å². The number of para-hydroxylation sites is 1. The third kappa shape index (κ3) is 6.38. The summed E-state index contributed by atoms with van der Waals surface area (Å²) in [5, 5.41) is 3.07. The molecule has 38 heavy (non-hydrogen) atoms. The fraction of sp³-hybridized carbons (Fsp3) is 0.207. The van der Waals surface area contributed by atoms with Crippen LogP contribution in [0.25, 0.3) is 6.08 Å². The Morgan fingerprint density at radius 1 is 1.11 bits per heavy atom. The Balaban J connectivity index is 1.51. The van der Waals surface area contributed by atoms with Gasteiger partial charge in [-0.05, 0) is 73.4 Å². The van der Waals surface area contributed by atoms with Crippen LogP contribution in [-0.4, -0.2) is 29.3 Å². The van der Waals surface area contributed by atoms with E-state index in [0.29, 0.717) is 32.8 Å². The van der Waals surface area contributed by atoms with E-state index in [0.717, 1.165) is 17.7 Å². The standard InChI is InChI=1S/C29H27ClN2O4S2/c1-4-19-10-12-21(13-11-19)31-26(33)17-36-27-22(30)14-20(15-24(27)35-5-2)16-25-28(34)32(29(37)38-25)23-9-7-6-8-18(23)3/h6-16H,4-5,17H2,1-3H3,(H,31,33)/b25-16-. The zero-order valence-electron chi connectivity index (χ0n) is 21.2. The molecule has 0 spiro atoms. The second-order valence-corrected chi connectivity index (χ2v) is 10.5. The molecule has 3 aromatic carbocycles. The Bertz CT molecular complexity index is 1410. The van der Waals surface area contributed by atoms with Gasteiger partial charge in [0.15, 0.2) is 22.4 Å². The molecule has 0 radical (unpaired) electrons. The Labute approximate surface area is 237 Å². The van der Waals surface area contributed by atoms with Crippen LogP contribution >= 0.6 is 35.6 Å². The molecule has 9 heteroatoms. The molecule has 1 fully saturated rings. The van der Waals surface area contributed by atoms with Gasteiger partial charge in [-0.3, -0.25) is 14.5 Å². The first-order valence-electron chi connectivity index (χ1n) is 12.1. The maximum Gasteiger partial charge on any atom is 0.270 e. The van der Waals surface area contributed by atoms with Crippen molar-refractivity contribution in [2.45, 2.75) is 27.2 Å². The highest BCUT2D eigenvalue weighted by molar-refractivity contribution is 8.27. The first-order chi connectivity index (χ1) is 18.3. The van der Waals surface area contributed by atoms with Gasteiger partial charge in [0.1, 0.15) is 0 Å². The molecule has 2 amide bonds. The van der Waals surface area contributed by atoms with Crippen molar-refractivity contribution in [1.82, 2.24) is 0 Å². The number of hydrogen-bond donors (Lipinski definition) is 1. The fourth-order valence-electron chi connectivity index (χ4n) is 3.87. The minimum Gasteiger partial charge on any atom is -0.490 e. The average Bonchev–Trinajstić information content (AvgIpc) is 3.16. The Kier molecular flexibility index (Phi) is 9.09. The van der Waals surface area contributed by atoms with E-state index in [1.165, 1.54) is 22.2 Å². The monoisotopic (exact) mass is 566 g/mol. The van der Waals surface area contributed by atoms with Gasteiger partial charge >= 0.3 is 0 Å². The lowest BCUT2D eigenvalue weighted by atomic mass is 10.1. The summed E-state index contributed by atoms with van der Waals surface area (Å²) in [6.07, 6.45) is 2.65. The van der Waals surface area contributed by atoms with Crippen molar-refractivity contribution >= 4 is 69.2 Å². The van der Waals surface area contributed by atoms with E-state index in [9.17, 15) is 9.59 Å². The van der Waals surface area contributed by atoms with Crippen molar-refractivity contribution in [2.24, 2.45) is 0 Å². The van der Waals surface area contributed by atoms with Crippen LogP contribution in [0, 0.1) is 6.92 Å². The molecule has 6 nitrogen and oxygen atoms in total. The summed E-state index contributed by atoms with van der Waals surface area (Å²) in [5.74, 6) is 0.111. The molecule has 1 aliphatic rings. The van der Waals surface area contributed by atoms with Crippen LogP contribution in [0.2, 0.25) is 5.02 Å². The molecule has 0 aliphatic carbocycles. The number of thiocarbonyl (C=S) groups is 1. The SMILES string of the molecule is CCOc1cc(/C=C2\SC(=S)N(c3ccccc3C)C2=O)cc(Cl)c1OCC(=O)Nc1ccc(CC)cc1. The van der Waals surface area contributed by atoms with Gasteiger partial charge in [0.05, 0.1) is 22.2 Å². The summed E-state index contributed by atoms with van der Waals surface area (Å²) in [6, 6.07) is 18.6. The van der Waals surface area contributed by atoms with Crippen molar-refractivity contribution in [2.75, 3.05) is 23.4 Å². The third-order valence-corrected chi connectivity index (χ3v) is 7.36. The molecule has 0 saturated carbocycles. The summed E-state index contributed by atoms with van der Waals surface area (Å²) in [6.45, 7) is 5.96. The minimum absolute atomic E-state index is 0.202. The maximum absolute atomic E-state index is 13.2. The lowest BCUT2D eigenvalue weighted by Gasteiger charge is -2.16. The predicted molar refractivity (Wildman–Crippen MR) is 159 cm³/mol. The second kappa shape index (κ2) is 12.5. The van der Waals surface area contributed by atoms with Gasteiger partial charge in [-0.25, -0.2) is 0 Å². The minimum atomic E-state index is -0.322. The number of nitrogens with zero attached hydrogens (tertiary/aromatic N) is 1. The highest BCUT2D eigenvalue weighted by atomic mass is 35.5. The molecule has 3 aromatic rings. The van der Waals surface area contributed by atoms with E-state index >= 15 is 0 Å². The van der Waals surface area contributed by atoms with Gasteiger partial charge in [0.25, 0.3) is 11.8 Å². The Morgan fingerprint density at radius 3 is 2.53 bits per heavy atom. The number of aryl methyl sites for hydroxylation is 2. The van der Waals surface area contributed by atoms with Gasteiger partial charge in [-0.2, -0.15) is 0 Å². The normalized spacial score (nSPS) is 14.2. The molecule has 1 N–H and O–H groups in total. The number of hydrogen-bond acceptors (Lipinski definition) is 6. The molecule has 1 aliphatic heterocycles. The summed E-state index contributed by atoms with van der Waals surface area (Å²) in [5.41, 5.74) is 4.23. The molecular formula is C29H27ClN2O4S2. The number of nitrogens with one attached hydrogen (secondary N) is 1. The van der Waals surface area contributed by atoms with Crippen LogP contribution in [0.15, 0.2) is 65.6 Å². The lowest BCUT2D eigenvalue weighted by molar-refractivity contribution is -0.118. The number of carbonyl (C=O) groups excluding carboxylic acids is 2. The fourth-order valence-corrected chi connectivity index (χ4v) is 5.43. The van der Waals surface area contributed by atoms with E-state index in [4.69, 9.17) is 33.3 Å². The summed E-state index contributed by atoms with van der Waals surface area (Å²) >= 11 is 13.3. The van der Waals surface area contributed by atoms with Crippen LogP contribution < -0.4 is 19.7 Å². The van der Waals surface area contributed by atoms with Gasteiger partial charge in [-0.1, -0.05) is 72.8 Å². The molecule has 0 bridgehead atoms. The van der Waals surface area contributed by atoms with E-state index in [1.807, 2.05) is 62.4 Å². The molecule has 0 atom stereocenters. The van der Waals surface area contributed by atoms with Crippen LogP contribution in [0.3, 0.4) is 0 Å². The van der Waals surface area contributed by atoms with E-state index < -0.39 is 0 Å². The van der Waals surface area contributed by atoms with Gasteiger partial charge in [0.2, 0.25) is 0 Å². The summed E-state index contributed by atoms with van der Waals surface area (Å²) < 4.78 is 12.0. The molecule has 4 rings (SSSR count). The van der Waals surface area contributed by atoms with Crippen LogP contribution in [-0.2, 0) is 16.0 Å². The number of anilines is 2. The first kappa shape index (κ1) is 27.7. The van der Waals surface area contributed by atoms with Crippen molar-refractivity contribution in [3.05, 3.63) is 87.3 Å². The Hall–Kier alpha value is -3.33. The van der Waals surface area contributed by atoms with Crippen LogP contribution in [0.4, 0.5) is 11.4 Å². The van der Waals surface area contributed by atoms with Crippen LogP contribution in [0.5, 0.6) is 11.5 Å². The largest absolute Gasteiger partial charge is 0.490 e.